The van der Waals surface area contributed by atoms with Crippen LogP contribution in [0, 0.1) is 17.2 Å². The van der Waals surface area contributed by atoms with Crippen LogP contribution < -0.4 is 4.90 Å². The summed E-state index contributed by atoms with van der Waals surface area (Å²) in [4.78, 5) is 17.1. The van der Waals surface area contributed by atoms with E-state index in [4.69, 9.17) is 10.00 Å². The molecule has 3 saturated heterocycles. The highest BCUT2D eigenvalue weighted by Crippen LogP contribution is 2.30. The highest BCUT2D eigenvalue weighted by atomic mass is 16.6. The van der Waals surface area contributed by atoms with E-state index in [1.54, 1.807) is 29.2 Å². The van der Waals surface area contributed by atoms with Crippen LogP contribution in [0.3, 0.4) is 0 Å². The average molecular weight is 361 g/mol. The van der Waals surface area contributed by atoms with Gasteiger partial charge in [-0.05, 0) is 61.7 Å². The molecule has 0 saturated carbocycles. The molecule has 0 aromatic heterocycles. The second-order valence-electron chi connectivity index (χ2n) is 7.29. The van der Waals surface area contributed by atoms with E-state index >= 15 is 0 Å². The Hall–Kier alpha value is -2.84. The van der Waals surface area contributed by atoms with E-state index in [-0.39, 0.29) is 12.2 Å². The molecular weight excluding hydrogens is 338 g/mol. The number of benzene rings is 2. The summed E-state index contributed by atoms with van der Waals surface area (Å²) in [6.07, 6.45) is 1.86. The molecule has 2 bridgehead atoms. The van der Waals surface area contributed by atoms with Crippen LogP contribution in [0.1, 0.15) is 24.0 Å². The van der Waals surface area contributed by atoms with Crippen molar-refractivity contribution in [1.29, 1.82) is 5.26 Å². The van der Waals surface area contributed by atoms with Gasteiger partial charge in [-0.2, -0.15) is 5.26 Å². The Morgan fingerprint density at radius 2 is 1.81 bits per heavy atom. The molecule has 27 heavy (non-hydrogen) atoms. The molecule has 3 heterocycles. The molecule has 5 nitrogen and oxygen atoms in total. The fraction of sp³-hybridized carbons (Fsp3) is 0.364. The number of piperidine rings is 3. The topological polar surface area (TPSA) is 56.6 Å². The predicted octanol–water partition coefficient (Wildman–Crippen LogP) is 3.80. The highest BCUT2D eigenvalue weighted by Gasteiger charge is 2.37. The van der Waals surface area contributed by atoms with Gasteiger partial charge in [0.05, 0.1) is 18.2 Å². The fourth-order valence-corrected chi connectivity index (χ4v) is 3.98. The number of nitriles is 1. The molecule has 2 aromatic carbocycles. The highest BCUT2D eigenvalue weighted by molar-refractivity contribution is 5.87. The number of amides is 1. The van der Waals surface area contributed by atoms with Crippen molar-refractivity contribution >= 4 is 11.8 Å². The van der Waals surface area contributed by atoms with E-state index in [9.17, 15) is 4.79 Å². The Labute approximate surface area is 159 Å². The van der Waals surface area contributed by atoms with E-state index in [1.165, 1.54) is 0 Å². The van der Waals surface area contributed by atoms with Crippen LogP contribution in [0.4, 0.5) is 10.5 Å². The van der Waals surface area contributed by atoms with Crippen molar-refractivity contribution in [1.82, 2.24) is 4.90 Å². The first-order valence-corrected chi connectivity index (χ1v) is 9.47. The van der Waals surface area contributed by atoms with Gasteiger partial charge < -0.3 is 4.74 Å². The standard InChI is InChI=1S/C22H23N3O2/c23-14-17-6-8-20(9-7-17)25(15-18-4-2-1-3-5-18)22(26)27-21-16-24-12-10-19(21)11-13-24/h1-9,19,21H,10-13,15-16H2/t21-/m0/s1. The average Bonchev–Trinajstić information content (AvgIpc) is 2.74. The number of hydrogen-bond donors (Lipinski definition) is 0. The first-order chi connectivity index (χ1) is 13.2. The minimum atomic E-state index is -0.317. The monoisotopic (exact) mass is 361 g/mol. The van der Waals surface area contributed by atoms with Gasteiger partial charge in [0, 0.05) is 12.2 Å². The summed E-state index contributed by atoms with van der Waals surface area (Å²) in [5.41, 5.74) is 2.35. The van der Waals surface area contributed by atoms with Gasteiger partial charge in [0.25, 0.3) is 0 Å². The number of carbonyl (C=O) groups excluding carboxylic acids is 1. The minimum absolute atomic E-state index is 0.0309. The molecule has 138 valence electrons. The molecule has 0 unspecified atom stereocenters. The van der Waals surface area contributed by atoms with Crippen LogP contribution >= 0.6 is 0 Å². The number of fused-ring (bicyclic) bond motifs is 3. The van der Waals surface area contributed by atoms with Crippen LogP contribution in [0.5, 0.6) is 0 Å². The molecule has 1 amide bonds. The molecular formula is C22H23N3O2. The van der Waals surface area contributed by atoms with Crippen molar-refractivity contribution in [2.24, 2.45) is 5.92 Å². The molecule has 0 aliphatic carbocycles. The lowest BCUT2D eigenvalue weighted by atomic mass is 9.86. The van der Waals surface area contributed by atoms with Crippen LogP contribution in [0.25, 0.3) is 0 Å². The van der Waals surface area contributed by atoms with E-state index in [1.807, 2.05) is 30.3 Å². The second kappa shape index (κ2) is 7.81. The molecule has 3 aliphatic heterocycles. The quantitative estimate of drug-likeness (QED) is 0.831. The SMILES string of the molecule is N#Cc1ccc(N(Cc2ccccc2)C(=O)O[C@H]2CN3CCC2CC3)cc1. The first kappa shape index (κ1) is 17.6. The molecule has 3 aliphatic rings. The van der Waals surface area contributed by atoms with Crippen molar-refractivity contribution in [2.45, 2.75) is 25.5 Å². The lowest BCUT2D eigenvalue weighted by molar-refractivity contribution is -0.0311. The van der Waals surface area contributed by atoms with Crippen molar-refractivity contribution in [3.63, 3.8) is 0 Å². The zero-order valence-electron chi connectivity index (χ0n) is 15.3. The van der Waals surface area contributed by atoms with E-state index in [2.05, 4.69) is 11.0 Å². The summed E-state index contributed by atoms with van der Waals surface area (Å²) >= 11 is 0. The lowest BCUT2D eigenvalue weighted by Crippen LogP contribution is -2.53. The van der Waals surface area contributed by atoms with E-state index in [0.717, 1.165) is 43.7 Å². The molecule has 0 N–H and O–H groups in total. The second-order valence-corrected chi connectivity index (χ2v) is 7.29. The maximum absolute atomic E-state index is 13.1. The van der Waals surface area contributed by atoms with Gasteiger partial charge in [0.15, 0.2) is 0 Å². The maximum Gasteiger partial charge on any atom is 0.414 e. The van der Waals surface area contributed by atoms with E-state index < -0.39 is 0 Å². The summed E-state index contributed by atoms with van der Waals surface area (Å²) in [5, 5.41) is 9.03. The zero-order chi connectivity index (χ0) is 18.6. The molecule has 0 radical (unpaired) electrons. The summed E-state index contributed by atoms with van der Waals surface area (Å²) in [5.74, 6) is 0.471. The smallest absolute Gasteiger partial charge is 0.414 e. The van der Waals surface area contributed by atoms with Crippen LogP contribution in [0.2, 0.25) is 0 Å². The van der Waals surface area contributed by atoms with Gasteiger partial charge in [-0.1, -0.05) is 30.3 Å². The number of hydrogen-bond acceptors (Lipinski definition) is 4. The van der Waals surface area contributed by atoms with Crippen LogP contribution in [-0.4, -0.2) is 36.7 Å². The number of rotatable bonds is 4. The van der Waals surface area contributed by atoms with Crippen molar-refractivity contribution in [2.75, 3.05) is 24.5 Å². The summed E-state index contributed by atoms with van der Waals surface area (Å²) in [6, 6.07) is 19.1. The van der Waals surface area contributed by atoms with Crippen LogP contribution in [0.15, 0.2) is 54.6 Å². The Morgan fingerprint density at radius 1 is 1.11 bits per heavy atom. The number of nitrogens with zero attached hydrogens (tertiary/aromatic N) is 3. The van der Waals surface area contributed by atoms with Crippen molar-refractivity contribution < 1.29 is 9.53 Å². The van der Waals surface area contributed by atoms with E-state index in [0.29, 0.717) is 18.0 Å². The molecule has 3 fully saturated rings. The largest absolute Gasteiger partial charge is 0.444 e. The van der Waals surface area contributed by atoms with Gasteiger partial charge in [-0.15, -0.1) is 0 Å². The van der Waals surface area contributed by atoms with Gasteiger partial charge in [-0.3, -0.25) is 9.80 Å². The number of ether oxygens (including phenoxy) is 1. The van der Waals surface area contributed by atoms with Gasteiger partial charge in [0.2, 0.25) is 0 Å². The Kier molecular flexibility index (Phi) is 5.08. The van der Waals surface area contributed by atoms with Gasteiger partial charge >= 0.3 is 6.09 Å². The van der Waals surface area contributed by atoms with Crippen LogP contribution in [-0.2, 0) is 11.3 Å². The van der Waals surface area contributed by atoms with Gasteiger partial charge in [-0.25, -0.2) is 4.79 Å². The van der Waals surface area contributed by atoms with Crippen molar-refractivity contribution in [3.05, 3.63) is 65.7 Å². The fourth-order valence-electron chi connectivity index (χ4n) is 3.98. The van der Waals surface area contributed by atoms with Crippen molar-refractivity contribution in [3.8, 4) is 6.07 Å². The molecule has 5 rings (SSSR count). The normalized spacial score (nSPS) is 23.4. The Bertz CT molecular complexity index is 821. The Morgan fingerprint density at radius 3 is 2.41 bits per heavy atom. The maximum atomic E-state index is 13.1. The van der Waals surface area contributed by atoms with Gasteiger partial charge in [0.1, 0.15) is 6.10 Å². The first-order valence-electron chi connectivity index (χ1n) is 9.47. The third kappa shape index (κ3) is 3.96. The minimum Gasteiger partial charge on any atom is -0.444 e. The zero-order valence-corrected chi connectivity index (χ0v) is 15.3. The summed E-state index contributed by atoms with van der Waals surface area (Å²) < 4.78 is 5.95. The number of anilines is 1. The third-order valence-corrected chi connectivity index (χ3v) is 5.56. The Balaban J connectivity index is 1.54. The predicted molar refractivity (Wildman–Crippen MR) is 103 cm³/mol. The molecule has 0 spiro atoms. The summed E-state index contributed by atoms with van der Waals surface area (Å²) in [6.45, 7) is 3.50. The number of carbonyl (C=O) groups is 1. The molecule has 2 aromatic rings. The molecule has 5 heteroatoms. The lowest BCUT2D eigenvalue weighted by Gasteiger charge is -2.44. The molecule has 1 atom stereocenters. The third-order valence-electron chi connectivity index (χ3n) is 5.56. The summed E-state index contributed by atoms with van der Waals surface area (Å²) in [7, 11) is 0.